The van der Waals surface area contributed by atoms with Crippen molar-refractivity contribution in [3.05, 3.63) is 64.5 Å². The molecular weight excluding hydrogens is 377 g/mol. The summed E-state index contributed by atoms with van der Waals surface area (Å²) in [4.78, 5) is 34.1. The van der Waals surface area contributed by atoms with Crippen LogP contribution in [0.3, 0.4) is 0 Å². The summed E-state index contributed by atoms with van der Waals surface area (Å²) in [7, 11) is 0. The molecule has 0 bridgehead atoms. The fraction of sp³-hybridized carbons (Fsp3) is 0.118. The van der Waals surface area contributed by atoms with E-state index in [1.807, 2.05) is 5.32 Å². The van der Waals surface area contributed by atoms with Gasteiger partial charge in [-0.2, -0.15) is 0 Å². The summed E-state index contributed by atoms with van der Waals surface area (Å²) in [5.41, 5.74) is -1.61. The third-order valence-electron chi connectivity index (χ3n) is 3.47. The zero-order chi connectivity index (χ0) is 20.3. The number of aliphatic carboxylic acids is 1. The van der Waals surface area contributed by atoms with Crippen molar-refractivity contribution in [2.24, 2.45) is 0 Å². The predicted octanol–water partition coefficient (Wildman–Crippen LogP) is 3.68. The Hall–Kier alpha value is -3.30. The third-order valence-corrected chi connectivity index (χ3v) is 3.47. The Morgan fingerprint density at radius 3 is 1.74 bits per heavy atom. The largest absolute Gasteiger partial charge is 0.481 e. The van der Waals surface area contributed by atoms with Crippen molar-refractivity contribution in [2.45, 2.75) is 12.8 Å². The van der Waals surface area contributed by atoms with Gasteiger partial charge in [-0.25, -0.2) is 22.0 Å². The Labute approximate surface area is 148 Å². The van der Waals surface area contributed by atoms with Gasteiger partial charge in [0, 0.05) is 17.7 Å². The summed E-state index contributed by atoms with van der Waals surface area (Å²) < 4.78 is 66.5. The maximum absolute atomic E-state index is 13.6. The highest BCUT2D eigenvalue weighted by atomic mass is 19.2. The monoisotopic (exact) mass is 387 g/mol. The molecule has 0 aliphatic heterocycles. The Bertz CT molecular complexity index is 899. The number of carboxylic acid groups (broad SMARTS) is 1. The average Bonchev–Trinajstić information content (AvgIpc) is 2.63. The molecule has 10 heteroatoms. The van der Waals surface area contributed by atoms with Gasteiger partial charge >= 0.3 is 5.97 Å². The SMILES string of the molecule is O=C(O)CCC(=O)c1ccc(NC(=O)c2c(F)c(F)c(F)c(F)c2F)cc1. The number of carbonyl (C=O) groups is 3. The van der Waals surface area contributed by atoms with Crippen molar-refractivity contribution >= 4 is 23.3 Å². The third kappa shape index (κ3) is 4.27. The number of amides is 1. The van der Waals surface area contributed by atoms with Crippen molar-refractivity contribution in [3.63, 3.8) is 0 Å². The maximum Gasteiger partial charge on any atom is 0.303 e. The molecule has 2 aromatic rings. The summed E-state index contributed by atoms with van der Waals surface area (Å²) >= 11 is 0. The second-order valence-electron chi connectivity index (χ2n) is 5.29. The summed E-state index contributed by atoms with van der Waals surface area (Å²) in [5.74, 6) is -14.7. The van der Waals surface area contributed by atoms with Gasteiger partial charge in [-0.3, -0.25) is 14.4 Å². The Balaban J connectivity index is 2.20. The molecule has 0 saturated carbocycles. The van der Waals surface area contributed by atoms with Crippen molar-refractivity contribution in [3.8, 4) is 0 Å². The van der Waals surface area contributed by atoms with Crippen LogP contribution in [-0.4, -0.2) is 22.8 Å². The molecule has 5 nitrogen and oxygen atoms in total. The van der Waals surface area contributed by atoms with Crippen LogP contribution >= 0.6 is 0 Å². The van der Waals surface area contributed by atoms with Gasteiger partial charge in [0.1, 0.15) is 5.56 Å². The highest BCUT2D eigenvalue weighted by Gasteiger charge is 2.29. The highest BCUT2D eigenvalue weighted by Crippen LogP contribution is 2.24. The van der Waals surface area contributed by atoms with E-state index in [1.54, 1.807) is 0 Å². The molecule has 2 rings (SSSR count). The van der Waals surface area contributed by atoms with E-state index in [4.69, 9.17) is 5.11 Å². The first-order chi connectivity index (χ1) is 12.6. The summed E-state index contributed by atoms with van der Waals surface area (Å²) in [5, 5.41) is 10.5. The number of nitrogens with one attached hydrogen (secondary N) is 1. The lowest BCUT2D eigenvalue weighted by Gasteiger charge is -2.09. The minimum atomic E-state index is -2.38. The lowest BCUT2D eigenvalue weighted by atomic mass is 10.1. The number of carbonyl (C=O) groups excluding carboxylic acids is 2. The van der Waals surface area contributed by atoms with E-state index in [9.17, 15) is 36.3 Å². The molecule has 0 fully saturated rings. The van der Waals surface area contributed by atoms with E-state index < -0.39 is 52.3 Å². The molecule has 0 radical (unpaired) electrons. The first-order valence-electron chi connectivity index (χ1n) is 7.31. The van der Waals surface area contributed by atoms with E-state index in [2.05, 4.69) is 0 Å². The van der Waals surface area contributed by atoms with Crippen LogP contribution in [0.2, 0.25) is 0 Å². The number of carboxylic acids is 1. The van der Waals surface area contributed by atoms with Crippen molar-refractivity contribution in [2.75, 3.05) is 5.32 Å². The lowest BCUT2D eigenvalue weighted by molar-refractivity contribution is -0.136. The van der Waals surface area contributed by atoms with Gasteiger partial charge in [0.2, 0.25) is 5.82 Å². The van der Waals surface area contributed by atoms with Gasteiger partial charge in [0.15, 0.2) is 29.1 Å². The molecule has 2 aromatic carbocycles. The van der Waals surface area contributed by atoms with Crippen LogP contribution in [-0.2, 0) is 4.79 Å². The Kier molecular flexibility index (Phi) is 5.88. The molecule has 0 aliphatic carbocycles. The van der Waals surface area contributed by atoms with Crippen molar-refractivity contribution in [1.82, 2.24) is 0 Å². The van der Waals surface area contributed by atoms with E-state index in [1.165, 1.54) is 12.1 Å². The maximum atomic E-state index is 13.6. The number of rotatable bonds is 6. The van der Waals surface area contributed by atoms with E-state index in [0.717, 1.165) is 12.1 Å². The summed E-state index contributed by atoms with van der Waals surface area (Å²) in [6.45, 7) is 0. The summed E-state index contributed by atoms with van der Waals surface area (Å²) in [6, 6.07) is 4.71. The number of benzene rings is 2. The molecule has 0 unspecified atom stereocenters. The minimum Gasteiger partial charge on any atom is -0.481 e. The molecule has 0 atom stereocenters. The smallest absolute Gasteiger partial charge is 0.303 e. The minimum absolute atomic E-state index is 0.0845. The van der Waals surface area contributed by atoms with Crippen LogP contribution in [0.5, 0.6) is 0 Å². The molecule has 0 saturated heterocycles. The quantitative estimate of drug-likeness (QED) is 0.343. The van der Waals surface area contributed by atoms with E-state index in [0.29, 0.717) is 0 Å². The standard InChI is InChI=1S/C17H10F5NO4/c18-12-11(13(19)15(21)16(22)14(12)20)17(27)23-8-3-1-7(2-4-8)9(24)5-6-10(25)26/h1-4H,5-6H2,(H,23,27)(H,25,26). The average molecular weight is 387 g/mol. The number of ketones is 1. The predicted molar refractivity (Wildman–Crippen MR) is 81.8 cm³/mol. The highest BCUT2D eigenvalue weighted by molar-refractivity contribution is 6.05. The molecule has 0 heterocycles. The number of halogens is 5. The molecule has 2 N–H and O–H groups in total. The van der Waals surface area contributed by atoms with Gasteiger partial charge in [0.25, 0.3) is 5.91 Å². The Morgan fingerprint density at radius 2 is 1.26 bits per heavy atom. The van der Waals surface area contributed by atoms with Crippen molar-refractivity contribution < 1.29 is 41.4 Å². The van der Waals surface area contributed by atoms with Crippen molar-refractivity contribution in [1.29, 1.82) is 0 Å². The van der Waals surface area contributed by atoms with Gasteiger partial charge in [-0.1, -0.05) is 0 Å². The van der Waals surface area contributed by atoms with Crippen LogP contribution < -0.4 is 5.32 Å². The van der Waals surface area contributed by atoms with Gasteiger partial charge in [-0.15, -0.1) is 0 Å². The van der Waals surface area contributed by atoms with Gasteiger partial charge in [-0.05, 0) is 24.3 Å². The van der Waals surface area contributed by atoms with Crippen LogP contribution in [0.15, 0.2) is 24.3 Å². The Morgan fingerprint density at radius 1 is 0.778 bits per heavy atom. The second kappa shape index (κ2) is 7.94. The van der Waals surface area contributed by atoms with Gasteiger partial charge < -0.3 is 10.4 Å². The molecular formula is C17H10F5NO4. The molecule has 142 valence electrons. The fourth-order valence-electron chi connectivity index (χ4n) is 2.10. The summed E-state index contributed by atoms with van der Waals surface area (Å²) in [6.07, 6.45) is -0.636. The molecule has 27 heavy (non-hydrogen) atoms. The van der Waals surface area contributed by atoms with Crippen LogP contribution in [0.25, 0.3) is 0 Å². The lowest BCUT2D eigenvalue weighted by Crippen LogP contribution is -2.19. The zero-order valence-corrected chi connectivity index (χ0v) is 13.3. The number of Topliss-reactive ketones (excluding diaryl/α,β-unsaturated/α-hetero) is 1. The van der Waals surface area contributed by atoms with Gasteiger partial charge in [0.05, 0.1) is 6.42 Å². The molecule has 0 spiro atoms. The normalized spacial score (nSPS) is 10.6. The van der Waals surface area contributed by atoms with Crippen LogP contribution in [0, 0.1) is 29.1 Å². The fourth-order valence-corrected chi connectivity index (χ4v) is 2.10. The number of hydrogen-bond donors (Lipinski definition) is 2. The first kappa shape index (κ1) is 20.0. The zero-order valence-electron chi connectivity index (χ0n) is 13.3. The molecule has 0 aliphatic rings. The second-order valence-corrected chi connectivity index (χ2v) is 5.29. The number of hydrogen-bond acceptors (Lipinski definition) is 3. The molecule has 0 aromatic heterocycles. The molecule has 1 amide bonds. The topological polar surface area (TPSA) is 83.5 Å². The van der Waals surface area contributed by atoms with E-state index in [-0.39, 0.29) is 24.1 Å². The number of anilines is 1. The first-order valence-corrected chi connectivity index (χ1v) is 7.31. The van der Waals surface area contributed by atoms with Crippen LogP contribution in [0.4, 0.5) is 27.6 Å². The van der Waals surface area contributed by atoms with E-state index >= 15 is 0 Å². The van der Waals surface area contributed by atoms with Crippen LogP contribution in [0.1, 0.15) is 33.6 Å².